The van der Waals surface area contributed by atoms with Crippen molar-refractivity contribution in [3.8, 4) is 28.6 Å². The normalized spacial score (nSPS) is 11.7. The van der Waals surface area contributed by atoms with E-state index in [9.17, 15) is 14.7 Å². The van der Waals surface area contributed by atoms with E-state index in [-0.39, 0.29) is 18.2 Å². The molecular weight excluding hydrogens is 464 g/mol. The monoisotopic (exact) mass is 496 g/mol. The summed E-state index contributed by atoms with van der Waals surface area (Å²) >= 11 is 0. The van der Waals surface area contributed by atoms with Crippen LogP contribution in [0.5, 0.6) is 17.2 Å². The van der Waals surface area contributed by atoms with Crippen molar-refractivity contribution in [1.82, 2.24) is 25.5 Å². The van der Waals surface area contributed by atoms with Crippen LogP contribution in [0.15, 0.2) is 42.5 Å². The predicted octanol–water partition coefficient (Wildman–Crippen LogP) is 2.65. The molecule has 0 fully saturated rings. The van der Waals surface area contributed by atoms with E-state index in [4.69, 9.17) is 9.47 Å². The lowest BCUT2D eigenvalue weighted by molar-refractivity contribution is -0.126. The molecule has 0 radical (unpaired) electrons. The maximum atomic E-state index is 13.4. The molecule has 11 nitrogen and oxygen atoms in total. The second-order valence-corrected chi connectivity index (χ2v) is 8.65. The first-order valence-corrected chi connectivity index (χ1v) is 11.6. The van der Waals surface area contributed by atoms with Crippen molar-refractivity contribution >= 4 is 17.5 Å². The molecule has 1 atom stereocenters. The van der Waals surface area contributed by atoms with E-state index in [1.807, 2.05) is 0 Å². The van der Waals surface area contributed by atoms with Crippen LogP contribution >= 0.6 is 0 Å². The number of amides is 2. The van der Waals surface area contributed by atoms with Crippen molar-refractivity contribution in [1.29, 1.82) is 0 Å². The van der Waals surface area contributed by atoms with Crippen LogP contribution in [0.1, 0.15) is 27.2 Å². The zero-order valence-electron chi connectivity index (χ0n) is 21.1. The van der Waals surface area contributed by atoms with Crippen LogP contribution in [-0.4, -0.2) is 63.9 Å². The van der Waals surface area contributed by atoms with Crippen LogP contribution in [0.4, 0.5) is 5.69 Å². The van der Waals surface area contributed by atoms with Crippen LogP contribution in [0.2, 0.25) is 0 Å². The highest BCUT2D eigenvalue weighted by Gasteiger charge is 2.28. The van der Waals surface area contributed by atoms with Gasteiger partial charge in [0, 0.05) is 23.9 Å². The van der Waals surface area contributed by atoms with Gasteiger partial charge in [0.05, 0.1) is 14.2 Å². The number of hydrogen-bond donors (Lipinski definition) is 2. The van der Waals surface area contributed by atoms with E-state index in [2.05, 4.69) is 34.6 Å². The van der Waals surface area contributed by atoms with Gasteiger partial charge in [-0.15, -0.1) is 10.2 Å². The molecule has 36 heavy (non-hydrogen) atoms. The number of methoxy groups -OCH3 is 2. The fraction of sp³-hybridized carbons (Fsp3) is 0.400. The van der Waals surface area contributed by atoms with E-state index in [0.717, 1.165) is 11.2 Å². The third-order valence-corrected chi connectivity index (χ3v) is 5.54. The van der Waals surface area contributed by atoms with Gasteiger partial charge in [-0.2, -0.15) is 4.80 Å². The number of benzene rings is 2. The molecule has 3 rings (SSSR count). The molecule has 0 saturated heterocycles. The van der Waals surface area contributed by atoms with Gasteiger partial charge in [0.1, 0.15) is 18.3 Å². The van der Waals surface area contributed by atoms with Crippen molar-refractivity contribution in [2.75, 3.05) is 25.7 Å². The number of tetrazole rings is 1. The maximum absolute atomic E-state index is 13.4. The van der Waals surface area contributed by atoms with Gasteiger partial charge < -0.3 is 19.9 Å². The molecule has 0 bridgehead atoms. The maximum Gasteiger partial charge on any atom is 0.251 e. The Hall–Kier alpha value is -4.15. The molecule has 0 aliphatic carbocycles. The molecule has 1 heterocycles. The van der Waals surface area contributed by atoms with Gasteiger partial charge in [0.15, 0.2) is 11.5 Å². The third-order valence-electron chi connectivity index (χ3n) is 5.54. The van der Waals surface area contributed by atoms with Crippen LogP contribution in [-0.2, 0) is 16.1 Å². The zero-order chi connectivity index (χ0) is 26.2. The van der Waals surface area contributed by atoms with Gasteiger partial charge >= 0.3 is 0 Å². The number of aromatic nitrogens is 4. The average molecular weight is 497 g/mol. The average Bonchev–Trinajstić information content (AvgIpc) is 3.31. The summed E-state index contributed by atoms with van der Waals surface area (Å²) in [6.07, 6.45) is 0.820. The second kappa shape index (κ2) is 12.0. The van der Waals surface area contributed by atoms with E-state index >= 15 is 0 Å². The molecule has 2 amide bonds. The van der Waals surface area contributed by atoms with Crippen LogP contribution in [0, 0.1) is 5.92 Å². The summed E-state index contributed by atoms with van der Waals surface area (Å²) in [6.45, 7) is 6.01. The highest BCUT2D eigenvalue weighted by Crippen LogP contribution is 2.30. The summed E-state index contributed by atoms with van der Waals surface area (Å²) in [5.74, 6) is 1.04. The SMILES string of the molecule is COc1ccc(-c2nnn(CC(=O)N(c3cccc(O)c3)[C@H](C)C(=O)NCCC(C)C)n2)cc1OC. The Morgan fingerprint density at radius 2 is 1.83 bits per heavy atom. The van der Waals surface area contributed by atoms with E-state index in [1.165, 1.54) is 24.1 Å². The Labute approximate surface area is 210 Å². The van der Waals surface area contributed by atoms with Crippen LogP contribution in [0.25, 0.3) is 11.4 Å². The number of nitrogens with zero attached hydrogens (tertiary/aromatic N) is 5. The molecule has 3 aromatic rings. The lowest BCUT2D eigenvalue weighted by Crippen LogP contribution is -2.49. The number of hydrogen-bond acceptors (Lipinski definition) is 8. The van der Waals surface area contributed by atoms with Gasteiger partial charge in [0.2, 0.25) is 11.7 Å². The Bertz CT molecular complexity index is 1200. The Morgan fingerprint density at radius 1 is 1.08 bits per heavy atom. The lowest BCUT2D eigenvalue weighted by Gasteiger charge is -2.28. The summed E-state index contributed by atoms with van der Waals surface area (Å²) in [6, 6.07) is 10.5. The number of phenolic OH excluding ortho intramolecular Hbond substituents is 1. The highest BCUT2D eigenvalue weighted by molar-refractivity contribution is 6.00. The van der Waals surface area contributed by atoms with Crippen molar-refractivity contribution in [2.24, 2.45) is 5.92 Å². The van der Waals surface area contributed by atoms with E-state index < -0.39 is 11.9 Å². The van der Waals surface area contributed by atoms with Crippen molar-refractivity contribution in [2.45, 2.75) is 39.8 Å². The molecule has 0 aliphatic heterocycles. The summed E-state index contributed by atoms with van der Waals surface area (Å²) in [7, 11) is 3.07. The first kappa shape index (κ1) is 26.5. The molecule has 11 heteroatoms. The predicted molar refractivity (Wildman–Crippen MR) is 134 cm³/mol. The quantitative estimate of drug-likeness (QED) is 0.414. The summed E-state index contributed by atoms with van der Waals surface area (Å²) < 4.78 is 10.6. The number of carbonyl (C=O) groups is 2. The molecule has 0 saturated carbocycles. The Morgan fingerprint density at radius 3 is 2.50 bits per heavy atom. The zero-order valence-corrected chi connectivity index (χ0v) is 21.1. The van der Waals surface area contributed by atoms with Gasteiger partial charge in [0.25, 0.3) is 5.91 Å². The van der Waals surface area contributed by atoms with Gasteiger partial charge in [-0.05, 0) is 54.8 Å². The van der Waals surface area contributed by atoms with E-state index in [0.29, 0.717) is 41.0 Å². The van der Waals surface area contributed by atoms with Crippen molar-refractivity contribution < 1.29 is 24.2 Å². The minimum atomic E-state index is -0.833. The topological polar surface area (TPSA) is 132 Å². The first-order valence-electron chi connectivity index (χ1n) is 11.6. The number of carbonyl (C=O) groups excluding carboxylic acids is 2. The Balaban J connectivity index is 1.81. The summed E-state index contributed by atoms with van der Waals surface area (Å²) in [5, 5.41) is 25.2. The molecule has 0 aliphatic rings. The largest absolute Gasteiger partial charge is 0.508 e. The summed E-state index contributed by atoms with van der Waals surface area (Å²) in [4.78, 5) is 28.7. The van der Waals surface area contributed by atoms with Gasteiger partial charge in [-0.1, -0.05) is 19.9 Å². The van der Waals surface area contributed by atoms with Gasteiger partial charge in [-0.25, -0.2) is 0 Å². The summed E-state index contributed by atoms with van der Waals surface area (Å²) in [5.41, 5.74) is 1.01. The number of anilines is 1. The van der Waals surface area contributed by atoms with Crippen molar-refractivity contribution in [3.05, 3.63) is 42.5 Å². The molecule has 0 unspecified atom stereocenters. The van der Waals surface area contributed by atoms with Crippen LogP contribution in [0.3, 0.4) is 0 Å². The lowest BCUT2D eigenvalue weighted by atomic mass is 10.1. The molecule has 2 N–H and O–H groups in total. The molecule has 1 aromatic heterocycles. The number of rotatable bonds is 11. The van der Waals surface area contributed by atoms with Gasteiger partial charge in [-0.3, -0.25) is 14.5 Å². The van der Waals surface area contributed by atoms with E-state index in [1.54, 1.807) is 44.4 Å². The molecule has 2 aromatic carbocycles. The standard InChI is InChI=1S/C25H32N6O5/c1-16(2)11-12-26-25(34)17(3)31(19-7-6-8-20(32)14-19)23(33)15-30-28-24(27-29-30)18-9-10-21(35-4)22(13-18)36-5/h6-10,13-14,16-17,32H,11-12,15H2,1-5H3,(H,26,34)/t17-/m1/s1. The smallest absolute Gasteiger partial charge is 0.251 e. The fourth-order valence-corrected chi connectivity index (χ4v) is 3.57. The minimum absolute atomic E-state index is 0.0210. The first-order chi connectivity index (χ1) is 17.2. The number of phenols is 1. The highest BCUT2D eigenvalue weighted by atomic mass is 16.5. The Kier molecular flexibility index (Phi) is 8.82. The fourth-order valence-electron chi connectivity index (χ4n) is 3.57. The molecule has 192 valence electrons. The van der Waals surface area contributed by atoms with Crippen molar-refractivity contribution in [3.63, 3.8) is 0 Å². The van der Waals surface area contributed by atoms with Crippen LogP contribution < -0.4 is 19.7 Å². The number of ether oxygens (including phenoxy) is 2. The molecular formula is C25H32N6O5. The second-order valence-electron chi connectivity index (χ2n) is 8.65. The number of nitrogens with one attached hydrogen (secondary N) is 1. The third kappa shape index (κ3) is 6.49. The minimum Gasteiger partial charge on any atom is -0.508 e. The molecule has 0 spiro atoms. The number of aromatic hydroxyl groups is 1.